The fourth-order valence-electron chi connectivity index (χ4n) is 4.34. The number of aliphatic hydroxyl groups excluding tert-OH is 1. The van der Waals surface area contributed by atoms with Gasteiger partial charge >= 0.3 is 5.97 Å². The van der Waals surface area contributed by atoms with Crippen LogP contribution in [-0.4, -0.2) is 55.0 Å². The summed E-state index contributed by atoms with van der Waals surface area (Å²) in [6.07, 6.45) is 5.93. The van der Waals surface area contributed by atoms with Crippen molar-refractivity contribution in [1.29, 1.82) is 0 Å². The van der Waals surface area contributed by atoms with Crippen LogP contribution in [0.4, 0.5) is 5.69 Å². The van der Waals surface area contributed by atoms with E-state index in [0.717, 1.165) is 12.8 Å². The maximum absolute atomic E-state index is 12.8. The summed E-state index contributed by atoms with van der Waals surface area (Å²) in [4.78, 5) is 49.3. The van der Waals surface area contributed by atoms with Crippen LogP contribution >= 0.6 is 0 Å². The molecule has 0 aliphatic carbocycles. The normalized spacial score (nSPS) is 11.3. The van der Waals surface area contributed by atoms with Gasteiger partial charge < -0.3 is 30.0 Å². The van der Waals surface area contributed by atoms with Gasteiger partial charge in [-0.3, -0.25) is 14.4 Å². The van der Waals surface area contributed by atoms with Gasteiger partial charge in [0.15, 0.2) is 17.3 Å². The third-order valence-corrected chi connectivity index (χ3v) is 6.85. The minimum atomic E-state index is -0.827. The number of ketones is 1. The second kappa shape index (κ2) is 17.4. The van der Waals surface area contributed by atoms with Gasteiger partial charge in [0.2, 0.25) is 5.91 Å². The van der Waals surface area contributed by atoms with Crippen molar-refractivity contribution in [3.63, 3.8) is 0 Å². The van der Waals surface area contributed by atoms with E-state index in [2.05, 4.69) is 17.6 Å². The standard InChI is InChI=1S/C34H40N2O8/c1-4-5-6-7-8-19-43-28-16-12-26(13-17-28)34(41)44-30-18-9-24(21-31(30)42-3)20-29(23(2)38)36-33(40)25-10-14-27(15-11-25)35-32(39)22-37/h9-18,21,29,37H,4-8,19-20,22H2,1-3H3,(H,35,39)(H,36,40). The second-order valence-electron chi connectivity index (χ2n) is 10.3. The predicted octanol–water partition coefficient (Wildman–Crippen LogP) is 5.12. The predicted molar refractivity (Wildman–Crippen MR) is 166 cm³/mol. The number of Topliss-reactive ketones (excluding diaryl/α,β-unsaturated/α-hetero) is 1. The highest BCUT2D eigenvalue weighted by Gasteiger charge is 2.20. The molecular weight excluding hydrogens is 564 g/mol. The molecule has 0 radical (unpaired) electrons. The Balaban J connectivity index is 1.59. The average molecular weight is 605 g/mol. The van der Waals surface area contributed by atoms with Crippen LogP contribution in [0.1, 0.15) is 72.2 Å². The first-order valence-corrected chi connectivity index (χ1v) is 14.7. The summed E-state index contributed by atoms with van der Waals surface area (Å²) < 4.78 is 16.8. The molecule has 0 saturated heterocycles. The molecule has 3 rings (SSSR count). The lowest BCUT2D eigenvalue weighted by atomic mass is 10.0. The quantitative estimate of drug-likeness (QED) is 0.110. The van der Waals surface area contributed by atoms with E-state index in [0.29, 0.717) is 40.5 Å². The van der Waals surface area contributed by atoms with Gasteiger partial charge in [0.1, 0.15) is 12.4 Å². The molecule has 3 aromatic carbocycles. The van der Waals surface area contributed by atoms with E-state index in [9.17, 15) is 19.2 Å². The second-order valence-corrected chi connectivity index (χ2v) is 10.3. The number of carbonyl (C=O) groups excluding carboxylic acids is 4. The number of carbonyl (C=O) groups is 4. The van der Waals surface area contributed by atoms with Crippen LogP contribution in [0.15, 0.2) is 66.7 Å². The van der Waals surface area contributed by atoms with E-state index in [-0.39, 0.29) is 18.0 Å². The van der Waals surface area contributed by atoms with Crippen LogP contribution in [0, 0.1) is 0 Å². The fourth-order valence-corrected chi connectivity index (χ4v) is 4.34. The molecular formula is C34H40N2O8. The zero-order valence-corrected chi connectivity index (χ0v) is 25.4. The van der Waals surface area contributed by atoms with Crippen molar-refractivity contribution in [2.24, 2.45) is 0 Å². The van der Waals surface area contributed by atoms with Crippen molar-refractivity contribution in [2.75, 3.05) is 25.6 Å². The van der Waals surface area contributed by atoms with Crippen LogP contribution in [0.2, 0.25) is 0 Å². The molecule has 0 heterocycles. The fraction of sp³-hybridized carbons (Fsp3) is 0.353. The largest absolute Gasteiger partial charge is 0.494 e. The number of anilines is 1. The van der Waals surface area contributed by atoms with E-state index in [4.69, 9.17) is 19.3 Å². The molecule has 3 N–H and O–H groups in total. The van der Waals surface area contributed by atoms with Gasteiger partial charge in [-0.1, -0.05) is 38.7 Å². The van der Waals surface area contributed by atoms with Crippen LogP contribution in [0.25, 0.3) is 0 Å². The number of rotatable bonds is 17. The SMILES string of the molecule is CCCCCCCOc1ccc(C(=O)Oc2ccc(CC(NC(=O)c3ccc(NC(=O)CO)cc3)C(C)=O)cc2OC)cc1. The Bertz CT molecular complexity index is 1400. The Labute approximate surface area is 257 Å². The van der Waals surface area contributed by atoms with E-state index >= 15 is 0 Å². The van der Waals surface area contributed by atoms with Gasteiger partial charge in [0.05, 0.1) is 25.3 Å². The smallest absolute Gasteiger partial charge is 0.343 e. The molecule has 234 valence electrons. The molecule has 0 bridgehead atoms. The lowest BCUT2D eigenvalue weighted by Crippen LogP contribution is -2.41. The van der Waals surface area contributed by atoms with E-state index in [1.807, 2.05) is 0 Å². The maximum atomic E-state index is 12.8. The Morgan fingerprint density at radius 3 is 2.16 bits per heavy atom. The van der Waals surface area contributed by atoms with Gasteiger partial charge in [0, 0.05) is 11.3 Å². The van der Waals surface area contributed by atoms with Gasteiger partial charge in [-0.05, 0) is 86.0 Å². The lowest BCUT2D eigenvalue weighted by Gasteiger charge is -2.17. The Hall–Kier alpha value is -4.70. The molecule has 0 aliphatic rings. The van der Waals surface area contributed by atoms with Crippen molar-refractivity contribution < 1.29 is 38.5 Å². The average Bonchev–Trinajstić information content (AvgIpc) is 3.03. The number of hydrogen-bond acceptors (Lipinski definition) is 8. The van der Waals surface area contributed by atoms with Crippen LogP contribution < -0.4 is 24.8 Å². The zero-order chi connectivity index (χ0) is 31.9. The number of amides is 2. The highest BCUT2D eigenvalue weighted by molar-refractivity contribution is 5.98. The van der Waals surface area contributed by atoms with Crippen molar-refractivity contribution in [3.05, 3.63) is 83.4 Å². The van der Waals surface area contributed by atoms with Gasteiger partial charge in [-0.25, -0.2) is 4.79 Å². The van der Waals surface area contributed by atoms with Gasteiger partial charge in [-0.15, -0.1) is 0 Å². The molecule has 3 aromatic rings. The molecule has 0 fully saturated rings. The summed E-state index contributed by atoms with van der Waals surface area (Å²) in [7, 11) is 1.45. The van der Waals surface area contributed by atoms with E-state index < -0.39 is 30.4 Å². The zero-order valence-electron chi connectivity index (χ0n) is 25.4. The maximum Gasteiger partial charge on any atom is 0.343 e. The molecule has 44 heavy (non-hydrogen) atoms. The topological polar surface area (TPSA) is 140 Å². The van der Waals surface area contributed by atoms with Crippen molar-refractivity contribution in [1.82, 2.24) is 5.32 Å². The molecule has 1 unspecified atom stereocenters. The van der Waals surface area contributed by atoms with Crippen molar-refractivity contribution in [2.45, 2.75) is 58.4 Å². The molecule has 0 aromatic heterocycles. The molecule has 0 aliphatic heterocycles. The number of nitrogens with one attached hydrogen (secondary N) is 2. The minimum absolute atomic E-state index is 0.177. The summed E-state index contributed by atoms with van der Waals surface area (Å²) in [6, 6.07) is 16.9. The molecule has 0 spiro atoms. The van der Waals surface area contributed by atoms with Gasteiger partial charge in [0.25, 0.3) is 5.91 Å². The summed E-state index contributed by atoms with van der Waals surface area (Å²) >= 11 is 0. The summed E-state index contributed by atoms with van der Waals surface area (Å²) in [5, 5.41) is 14.1. The van der Waals surface area contributed by atoms with Crippen LogP contribution in [0.3, 0.4) is 0 Å². The number of unbranched alkanes of at least 4 members (excludes halogenated alkanes) is 4. The molecule has 10 heteroatoms. The Morgan fingerprint density at radius 2 is 1.52 bits per heavy atom. The highest BCUT2D eigenvalue weighted by Crippen LogP contribution is 2.30. The molecule has 1 atom stereocenters. The molecule has 10 nitrogen and oxygen atoms in total. The van der Waals surface area contributed by atoms with Crippen molar-refractivity contribution >= 4 is 29.3 Å². The van der Waals surface area contributed by atoms with Crippen molar-refractivity contribution in [3.8, 4) is 17.2 Å². The number of hydrogen-bond donors (Lipinski definition) is 3. The third kappa shape index (κ3) is 10.5. The number of esters is 1. The monoisotopic (exact) mass is 604 g/mol. The molecule has 2 amide bonds. The number of methoxy groups -OCH3 is 1. The summed E-state index contributed by atoms with van der Waals surface area (Å²) in [5.41, 5.74) is 1.75. The first-order valence-electron chi connectivity index (χ1n) is 14.7. The number of ether oxygens (including phenoxy) is 3. The first-order chi connectivity index (χ1) is 21.2. The summed E-state index contributed by atoms with van der Waals surface area (Å²) in [5.74, 6) is -0.640. The van der Waals surface area contributed by atoms with E-state index in [1.165, 1.54) is 57.6 Å². The molecule has 0 saturated carbocycles. The Morgan fingerprint density at radius 1 is 0.841 bits per heavy atom. The third-order valence-electron chi connectivity index (χ3n) is 6.85. The first kappa shape index (κ1) is 33.8. The van der Waals surface area contributed by atoms with E-state index in [1.54, 1.807) is 42.5 Å². The summed E-state index contributed by atoms with van der Waals surface area (Å²) in [6.45, 7) is 3.54. The number of aliphatic hydroxyl groups is 1. The highest BCUT2D eigenvalue weighted by atomic mass is 16.6. The number of benzene rings is 3. The lowest BCUT2D eigenvalue weighted by molar-refractivity contribution is -0.119. The van der Waals surface area contributed by atoms with Gasteiger partial charge in [-0.2, -0.15) is 0 Å². The minimum Gasteiger partial charge on any atom is -0.494 e. The van der Waals surface area contributed by atoms with Crippen LogP contribution in [-0.2, 0) is 16.0 Å². The van der Waals surface area contributed by atoms with Crippen LogP contribution in [0.5, 0.6) is 17.2 Å². The Kier molecular flexibility index (Phi) is 13.4.